The van der Waals surface area contributed by atoms with E-state index in [1.807, 2.05) is 11.3 Å². The fourth-order valence-corrected chi connectivity index (χ4v) is 7.61. The number of fused-ring (bicyclic) bond motifs is 6. The SMILES string of the molecule is Cc1ccccc1-c1c(C)c(-c2ccc3c(sc4ccc5ccccc5c43)c2C)c(C)c2ccccc12. The lowest BCUT2D eigenvalue weighted by atomic mass is 9.82. The second-order valence-corrected chi connectivity index (χ2v) is 11.3. The molecular formula is C36H28S. The summed E-state index contributed by atoms with van der Waals surface area (Å²) in [7, 11) is 0. The molecule has 0 aliphatic rings. The largest absolute Gasteiger partial charge is 0.135 e. The van der Waals surface area contributed by atoms with Gasteiger partial charge < -0.3 is 0 Å². The molecule has 6 aromatic carbocycles. The third-order valence-electron chi connectivity index (χ3n) is 8.19. The minimum absolute atomic E-state index is 1.31. The van der Waals surface area contributed by atoms with Gasteiger partial charge in [0.05, 0.1) is 0 Å². The first-order valence-electron chi connectivity index (χ1n) is 13.0. The number of hydrogen-bond acceptors (Lipinski definition) is 1. The van der Waals surface area contributed by atoms with Crippen LogP contribution in [-0.2, 0) is 0 Å². The van der Waals surface area contributed by atoms with Gasteiger partial charge in [-0.1, -0.05) is 91.0 Å². The minimum Gasteiger partial charge on any atom is -0.135 e. The summed E-state index contributed by atoms with van der Waals surface area (Å²) in [5, 5.41) is 8.08. The Kier molecular flexibility index (Phi) is 4.99. The van der Waals surface area contributed by atoms with Gasteiger partial charge >= 0.3 is 0 Å². The Bertz CT molecular complexity index is 2020. The van der Waals surface area contributed by atoms with Crippen LogP contribution < -0.4 is 0 Å². The van der Waals surface area contributed by atoms with Crippen molar-refractivity contribution >= 4 is 53.1 Å². The smallest absolute Gasteiger partial charge is 0.0391 e. The second-order valence-electron chi connectivity index (χ2n) is 10.2. The molecule has 1 aromatic heterocycles. The molecule has 1 heteroatoms. The van der Waals surface area contributed by atoms with Gasteiger partial charge in [0.1, 0.15) is 0 Å². The maximum Gasteiger partial charge on any atom is 0.0391 e. The van der Waals surface area contributed by atoms with Crippen LogP contribution in [0.25, 0.3) is 64.0 Å². The number of hydrogen-bond donors (Lipinski definition) is 0. The van der Waals surface area contributed by atoms with Crippen molar-refractivity contribution in [2.45, 2.75) is 27.7 Å². The van der Waals surface area contributed by atoms with Crippen LogP contribution in [0.3, 0.4) is 0 Å². The summed E-state index contributed by atoms with van der Waals surface area (Å²) >= 11 is 1.93. The van der Waals surface area contributed by atoms with Gasteiger partial charge in [0.15, 0.2) is 0 Å². The van der Waals surface area contributed by atoms with E-state index in [2.05, 4.69) is 125 Å². The van der Waals surface area contributed by atoms with E-state index >= 15 is 0 Å². The van der Waals surface area contributed by atoms with Gasteiger partial charge in [-0.05, 0) is 99.8 Å². The predicted molar refractivity (Wildman–Crippen MR) is 164 cm³/mol. The van der Waals surface area contributed by atoms with Crippen LogP contribution in [0.2, 0.25) is 0 Å². The standard InChI is InChI=1S/C36H28S/c1-21-11-5-7-13-26(21)34-24(4)33(22(2)27-14-9-10-16-30(27)34)28-18-19-31-35-29-15-8-6-12-25(29)17-20-32(35)37-36(31)23(28)3/h5-20H,1-4H3. The molecule has 0 spiro atoms. The van der Waals surface area contributed by atoms with Gasteiger partial charge in [-0.2, -0.15) is 0 Å². The zero-order valence-corrected chi connectivity index (χ0v) is 22.5. The van der Waals surface area contributed by atoms with Gasteiger partial charge in [0, 0.05) is 20.2 Å². The average Bonchev–Trinajstić information content (AvgIpc) is 3.31. The summed E-state index contributed by atoms with van der Waals surface area (Å²) in [6, 6.07) is 35.8. The highest BCUT2D eigenvalue weighted by atomic mass is 32.1. The van der Waals surface area contributed by atoms with Gasteiger partial charge in [-0.25, -0.2) is 0 Å². The molecule has 0 radical (unpaired) electrons. The Hall–Kier alpha value is -3.94. The molecule has 0 aliphatic heterocycles. The van der Waals surface area contributed by atoms with E-state index in [0.29, 0.717) is 0 Å². The summed E-state index contributed by atoms with van der Waals surface area (Å²) in [5.74, 6) is 0. The molecule has 0 atom stereocenters. The van der Waals surface area contributed by atoms with Crippen molar-refractivity contribution in [2.24, 2.45) is 0 Å². The normalized spacial score (nSPS) is 11.8. The van der Waals surface area contributed by atoms with Crippen LogP contribution >= 0.6 is 11.3 Å². The monoisotopic (exact) mass is 492 g/mol. The highest BCUT2D eigenvalue weighted by molar-refractivity contribution is 7.26. The average molecular weight is 493 g/mol. The van der Waals surface area contributed by atoms with Gasteiger partial charge in [0.25, 0.3) is 0 Å². The molecule has 7 rings (SSSR count). The lowest BCUT2D eigenvalue weighted by Crippen LogP contribution is -1.98. The van der Waals surface area contributed by atoms with E-state index in [1.54, 1.807) is 0 Å². The van der Waals surface area contributed by atoms with Crippen LogP contribution in [0, 0.1) is 27.7 Å². The summed E-state index contributed by atoms with van der Waals surface area (Å²) in [6.07, 6.45) is 0. The lowest BCUT2D eigenvalue weighted by Gasteiger charge is -2.22. The zero-order chi connectivity index (χ0) is 25.3. The van der Waals surface area contributed by atoms with E-state index in [-0.39, 0.29) is 0 Å². The van der Waals surface area contributed by atoms with Crippen LogP contribution in [-0.4, -0.2) is 0 Å². The summed E-state index contributed by atoms with van der Waals surface area (Å²) in [6.45, 7) is 9.16. The second kappa shape index (κ2) is 8.30. The van der Waals surface area contributed by atoms with Crippen molar-refractivity contribution in [3.05, 3.63) is 119 Å². The van der Waals surface area contributed by atoms with Gasteiger partial charge in [-0.3, -0.25) is 0 Å². The first-order chi connectivity index (χ1) is 18.0. The van der Waals surface area contributed by atoms with Gasteiger partial charge in [0.2, 0.25) is 0 Å². The van der Waals surface area contributed by atoms with Crippen molar-refractivity contribution in [1.29, 1.82) is 0 Å². The number of thiophene rings is 1. The molecule has 0 saturated heterocycles. The molecule has 0 amide bonds. The predicted octanol–water partition coefficient (Wildman–Crippen LogP) is 10.9. The van der Waals surface area contributed by atoms with Crippen molar-refractivity contribution in [3.63, 3.8) is 0 Å². The first kappa shape index (κ1) is 22.3. The van der Waals surface area contributed by atoms with Crippen LogP contribution in [0.15, 0.2) is 97.1 Å². The Morgan fingerprint density at radius 3 is 1.97 bits per heavy atom. The maximum absolute atomic E-state index is 2.37. The molecular weight excluding hydrogens is 464 g/mol. The Morgan fingerprint density at radius 1 is 0.459 bits per heavy atom. The van der Waals surface area contributed by atoms with Crippen LogP contribution in [0.1, 0.15) is 22.3 Å². The van der Waals surface area contributed by atoms with Crippen molar-refractivity contribution in [3.8, 4) is 22.3 Å². The Labute approximate surface area is 221 Å². The van der Waals surface area contributed by atoms with Crippen molar-refractivity contribution in [1.82, 2.24) is 0 Å². The third kappa shape index (κ3) is 3.21. The fourth-order valence-electron chi connectivity index (χ4n) is 6.39. The Morgan fingerprint density at radius 2 is 1.16 bits per heavy atom. The maximum atomic E-state index is 2.37. The fraction of sp³-hybridized carbons (Fsp3) is 0.111. The van der Waals surface area contributed by atoms with Crippen molar-refractivity contribution < 1.29 is 0 Å². The van der Waals surface area contributed by atoms with Crippen LogP contribution in [0.5, 0.6) is 0 Å². The summed E-state index contributed by atoms with van der Waals surface area (Å²) in [5.41, 5.74) is 10.8. The molecule has 0 saturated carbocycles. The quantitative estimate of drug-likeness (QED) is 0.225. The molecule has 0 aliphatic carbocycles. The molecule has 1 heterocycles. The molecule has 7 aromatic rings. The van der Waals surface area contributed by atoms with E-state index < -0.39 is 0 Å². The van der Waals surface area contributed by atoms with E-state index in [0.717, 1.165) is 0 Å². The molecule has 0 nitrogen and oxygen atoms in total. The zero-order valence-electron chi connectivity index (χ0n) is 21.6. The van der Waals surface area contributed by atoms with Crippen LogP contribution in [0.4, 0.5) is 0 Å². The summed E-state index contributed by atoms with van der Waals surface area (Å²) < 4.78 is 2.76. The Balaban J connectivity index is 1.58. The molecule has 0 fully saturated rings. The topological polar surface area (TPSA) is 0 Å². The number of rotatable bonds is 2. The number of aryl methyl sites for hydroxylation is 3. The molecule has 0 bridgehead atoms. The highest BCUT2D eigenvalue weighted by Gasteiger charge is 2.21. The molecule has 178 valence electrons. The summed E-state index contributed by atoms with van der Waals surface area (Å²) in [4.78, 5) is 0. The van der Waals surface area contributed by atoms with E-state index in [1.165, 1.54) is 86.2 Å². The third-order valence-corrected chi connectivity index (χ3v) is 9.48. The number of benzene rings is 6. The van der Waals surface area contributed by atoms with E-state index in [9.17, 15) is 0 Å². The minimum atomic E-state index is 1.31. The van der Waals surface area contributed by atoms with E-state index in [4.69, 9.17) is 0 Å². The molecule has 0 unspecified atom stereocenters. The first-order valence-corrected chi connectivity index (χ1v) is 13.8. The lowest BCUT2D eigenvalue weighted by molar-refractivity contribution is 1.38. The molecule has 0 N–H and O–H groups in total. The highest BCUT2D eigenvalue weighted by Crippen LogP contribution is 2.46. The van der Waals surface area contributed by atoms with Gasteiger partial charge in [-0.15, -0.1) is 11.3 Å². The molecule has 37 heavy (non-hydrogen) atoms. The van der Waals surface area contributed by atoms with Crippen molar-refractivity contribution in [2.75, 3.05) is 0 Å².